The highest BCUT2D eigenvalue weighted by Gasteiger charge is 2.31. The maximum atomic E-state index is 5.56. The van der Waals surface area contributed by atoms with Gasteiger partial charge in [0.1, 0.15) is 5.82 Å². The van der Waals surface area contributed by atoms with Gasteiger partial charge in [0.15, 0.2) is 0 Å². The molecule has 0 bridgehead atoms. The molecule has 0 amide bonds. The molecule has 1 saturated heterocycles. The Labute approximate surface area is 146 Å². The first-order valence-corrected chi connectivity index (χ1v) is 8.45. The van der Waals surface area contributed by atoms with E-state index in [2.05, 4.69) is 30.3 Å². The van der Waals surface area contributed by atoms with Crippen LogP contribution in [0.25, 0.3) is 11.4 Å². The molecule has 3 aromatic rings. The molecule has 1 N–H and O–H groups in total. The summed E-state index contributed by atoms with van der Waals surface area (Å²) in [5.74, 6) is 2.06. The van der Waals surface area contributed by atoms with E-state index in [9.17, 15) is 0 Å². The number of hydrogen-bond donors (Lipinski definition) is 1. The summed E-state index contributed by atoms with van der Waals surface area (Å²) in [6, 6.07) is 9.97. The molecule has 128 valence electrons. The molecule has 0 radical (unpaired) electrons. The molecule has 4 heterocycles. The topological polar surface area (TPSA) is 80.0 Å². The molecule has 0 spiro atoms. The minimum Gasteiger partial charge on any atom is -0.373 e. The van der Waals surface area contributed by atoms with E-state index in [1.165, 1.54) is 0 Å². The maximum Gasteiger partial charge on any atom is 0.244 e. The van der Waals surface area contributed by atoms with Gasteiger partial charge in [-0.05, 0) is 43.7 Å². The summed E-state index contributed by atoms with van der Waals surface area (Å²) in [5.41, 5.74) is 1.91. The Morgan fingerprint density at radius 3 is 2.96 bits per heavy atom. The van der Waals surface area contributed by atoms with Crippen LogP contribution in [0.1, 0.15) is 30.5 Å². The van der Waals surface area contributed by atoms with E-state index < -0.39 is 0 Å². The molecule has 0 aliphatic carbocycles. The third-order valence-corrected chi connectivity index (χ3v) is 4.46. The smallest absolute Gasteiger partial charge is 0.244 e. The number of hydrogen-bond acceptors (Lipinski definition) is 7. The molecule has 0 aromatic carbocycles. The molecule has 7 heteroatoms. The third kappa shape index (κ3) is 3.36. The minimum atomic E-state index is 0.146. The van der Waals surface area contributed by atoms with Crippen molar-refractivity contribution in [1.82, 2.24) is 25.0 Å². The molecule has 1 aliphatic rings. The number of pyridine rings is 2. The second-order valence-electron chi connectivity index (χ2n) is 6.09. The molecule has 3 aromatic heterocycles. The number of aromatic nitrogens is 4. The van der Waals surface area contributed by atoms with Gasteiger partial charge in [0.2, 0.25) is 11.7 Å². The van der Waals surface area contributed by atoms with E-state index in [0.717, 1.165) is 43.0 Å². The second-order valence-corrected chi connectivity index (χ2v) is 6.09. The van der Waals surface area contributed by atoms with Gasteiger partial charge in [-0.15, -0.1) is 0 Å². The van der Waals surface area contributed by atoms with Gasteiger partial charge in [-0.2, -0.15) is 4.98 Å². The van der Waals surface area contributed by atoms with Crippen molar-refractivity contribution in [3.05, 3.63) is 54.3 Å². The predicted molar refractivity (Wildman–Crippen MR) is 93.7 cm³/mol. The van der Waals surface area contributed by atoms with Gasteiger partial charge in [0.05, 0.1) is 11.7 Å². The van der Waals surface area contributed by atoms with Crippen LogP contribution in [0, 0.1) is 0 Å². The standard InChI is InChI=1S/C18H20N6O/c1-19-16-8-7-13(11-21-16)17-22-18(25-23-17)15-6-4-10-24(15)12-14-5-2-3-9-20-14/h2-3,5,7-9,11,15H,4,6,10,12H2,1H3,(H,19,21)/t15-/m1/s1. The number of likely N-dealkylation sites (tertiary alicyclic amines) is 1. The Balaban J connectivity index is 1.52. The first kappa shape index (κ1) is 15.7. The molecule has 1 atom stereocenters. The van der Waals surface area contributed by atoms with Crippen molar-refractivity contribution in [2.24, 2.45) is 0 Å². The van der Waals surface area contributed by atoms with Crippen LogP contribution in [0.3, 0.4) is 0 Å². The number of nitrogens with one attached hydrogen (secondary N) is 1. The number of rotatable bonds is 5. The third-order valence-electron chi connectivity index (χ3n) is 4.46. The van der Waals surface area contributed by atoms with Crippen molar-refractivity contribution in [2.45, 2.75) is 25.4 Å². The zero-order valence-corrected chi connectivity index (χ0v) is 14.1. The predicted octanol–water partition coefficient (Wildman–Crippen LogP) is 2.91. The Hall–Kier alpha value is -2.80. The highest BCUT2D eigenvalue weighted by atomic mass is 16.5. The van der Waals surface area contributed by atoms with Crippen molar-refractivity contribution >= 4 is 5.82 Å². The van der Waals surface area contributed by atoms with Crippen LogP contribution in [-0.2, 0) is 6.54 Å². The first-order chi connectivity index (χ1) is 12.3. The van der Waals surface area contributed by atoms with Crippen LogP contribution >= 0.6 is 0 Å². The summed E-state index contributed by atoms with van der Waals surface area (Å²) < 4.78 is 5.56. The van der Waals surface area contributed by atoms with Crippen LogP contribution in [0.4, 0.5) is 5.82 Å². The van der Waals surface area contributed by atoms with Crippen LogP contribution < -0.4 is 5.32 Å². The van der Waals surface area contributed by atoms with E-state index in [-0.39, 0.29) is 6.04 Å². The number of anilines is 1. The molecule has 25 heavy (non-hydrogen) atoms. The fourth-order valence-electron chi connectivity index (χ4n) is 3.16. The van der Waals surface area contributed by atoms with Crippen molar-refractivity contribution in [3.63, 3.8) is 0 Å². The molecule has 1 fully saturated rings. The van der Waals surface area contributed by atoms with E-state index in [1.54, 1.807) is 6.20 Å². The Bertz CT molecular complexity index is 817. The zero-order chi connectivity index (χ0) is 17.1. The SMILES string of the molecule is CNc1ccc(-c2noc([C@H]3CCCN3Cc3ccccn3)n2)cn1. The lowest BCUT2D eigenvalue weighted by atomic mass is 10.2. The highest BCUT2D eigenvalue weighted by molar-refractivity contribution is 5.55. The monoisotopic (exact) mass is 336 g/mol. The van der Waals surface area contributed by atoms with Crippen LogP contribution in [0.2, 0.25) is 0 Å². The van der Waals surface area contributed by atoms with E-state index in [4.69, 9.17) is 4.52 Å². The summed E-state index contributed by atoms with van der Waals surface area (Å²) >= 11 is 0. The lowest BCUT2D eigenvalue weighted by molar-refractivity contribution is 0.199. The summed E-state index contributed by atoms with van der Waals surface area (Å²) in [5, 5.41) is 7.14. The van der Waals surface area contributed by atoms with Gasteiger partial charge >= 0.3 is 0 Å². The van der Waals surface area contributed by atoms with Gasteiger partial charge in [-0.25, -0.2) is 4.98 Å². The Morgan fingerprint density at radius 1 is 1.24 bits per heavy atom. The van der Waals surface area contributed by atoms with Crippen molar-refractivity contribution in [3.8, 4) is 11.4 Å². The summed E-state index contributed by atoms with van der Waals surface area (Å²) in [4.78, 5) is 15.7. The van der Waals surface area contributed by atoms with Crippen LogP contribution in [0.15, 0.2) is 47.2 Å². The lowest BCUT2D eigenvalue weighted by Gasteiger charge is -2.20. The average Bonchev–Trinajstić information content (AvgIpc) is 3.32. The molecular weight excluding hydrogens is 316 g/mol. The fourth-order valence-corrected chi connectivity index (χ4v) is 3.16. The minimum absolute atomic E-state index is 0.146. The van der Waals surface area contributed by atoms with Crippen LogP contribution in [0.5, 0.6) is 0 Å². The molecule has 0 saturated carbocycles. The van der Waals surface area contributed by atoms with Gasteiger partial charge in [-0.3, -0.25) is 9.88 Å². The summed E-state index contributed by atoms with van der Waals surface area (Å²) in [7, 11) is 1.84. The average molecular weight is 336 g/mol. The Morgan fingerprint density at radius 2 is 2.20 bits per heavy atom. The van der Waals surface area contributed by atoms with Gasteiger partial charge < -0.3 is 9.84 Å². The van der Waals surface area contributed by atoms with E-state index in [1.807, 2.05) is 43.6 Å². The van der Waals surface area contributed by atoms with Crippen molar-refractivity contribution < 1.29 is 4.52 Å². The maximum absolute atomic E-state index is 5.56. The lowest BCUT2D eigenvalue weighted by Crippen LogP contribution is -2.23. The second kappa shape index (κ2) is 6.98. The van der Waals surface area contributed by atoms with E-state index in [0.29, 0.717) is 11.7 Å². The van der Waals surface area contributed by atoms with Crippen LogP contribution in [-0.4, -0.2) is 38.6 Å². The molecular formula is C18H20N6O. The first-order valence-electron chi connectivity index (χ1n) is 8.45. The van der Waals surface area contributed by atoms with Crippen molar-refractivity contribution in [1.29, 1.82) is 0 Å². The Kier molecular flexibility index (Phi) is 4.39. The van der Waals surface area contributed by atoms with Gasteiger partial charge in [0.25, 0.3) is 0 Å². The number of nitrogens with zero attached hydrogens (tertiary/aromatic N) is 5. The summed E-state index contributed by atoms with van der Waals surface area (Å²) in [6.45, 7) is 1.80. The van der Waals surface area contributed by atoms with Gasteiger partial charge in [0, 0.05) is 31.5 Å². The molecule has 7 nitrogen and oxygen atoms in total. The summed E-state index contributed by atoms with van der Waals surface area (Å²) in [6.07, 6.45) is 5.72. The highest BCUT2D eigenvalue weighted by Crippen LogP contribution is 2.32. The van der Waals surface area contributed by atoms with Gasteiger partial charge in [-0.1, -0.05) is 11.2 Å². The molecule has 4 rings (SSSR count). The van der Waals surface area contributed by atoms with Crippen molar-refractivity contribution in [2.75, 3.05) is 18.9 Å². The molecule has 0 unspecified atom stereocenters. The largest absolute Gasteiger partial charge is 0.373 e. The zero-order valence-electron chi connectivity index (χ0n) is 14.1. The van der Waals surface area contributed by atoms with E-state index >= 15 is 0 Å². The quantitative estimate of drug-likeness (QED) is 0.767. The molecule has 1 aliphatic heterocycles. The normalized spacial score (nSPS) is 17.7. The fraction of sp³-hybridized carbons (Fsp3) is 0.333.